The van der Waals surface area contributed by atoms with Crippen LogP contribution in [0.25, 0.3) is 0 Å². The molecule has 0 atom stereocenters. The Bertz CT molecular complexity index is 1060. The molecule has 140 valence electrons. The van der Waals surface area contributed by atoms with Crippen LogP contribution in [0.1, 0.15) is 21.5 Å². The molecule has 0 bridgehead atoms. The summed E-state index contributed by atoms with van der Waals surface area (Å²) in [6, 6.07) is 15.8. The molecule has 2 N–H and O–H groups in total. The molecule has 0 saturated heterocycles. The second-order valence-corrected chi connectivity index (χ2v) is 6.38. The first kappa shape index (κ1) is 19.2. The number of para-hydroxylation sites is 1. The number of anilines is 3. The summed E-state index contributed by atoms with van der Waals surface area (Å²) in [5.41, 5.74) is 2.84. The Morgan fingerprint density at radius 3 is 2.64 bits per heavy atom. The fourth-order valence-corrected chi connectivity index (χ4v) is 2.71. The molecule has 0 aliphatic rings. The summed E-state index contributed by atoms with van der Waals surface area (Å²) >= 11 is 6.12. The number of benzene rings is 2. The van der Waals surface area contributed by atoms with Gasteiger partial charge < -0.3 is 15.4 Å². The Labute approximate surface area is 167 Å². The van der Waals surface area contributed by atoms with Gasteiger partial charge in [0.15, 0.2) is 0 Å². The van der Waals surface area contributed by atoms with Crippen LogP contribution in [0.5, 0.6) is 5.75 Å². The number of aryl methyl sites for hydroxylation is 1. The van der Waals surface area contributed by atoms with Crippen molar-refractivity contribution in [2.45, 2.75) is 6.92 Å². The molecule has 0 radical (unpaired) electrons. The zero-order chi connectivity index (χ0) is 20.1. The van der Waals surface area contributed by atoms with Gasteiger partial charge in [-0.15, -0.1) is 0 Å². The first-order valence-electron chi connectivity index (χ1n) is 8.39. The molecule has 0 saturated carbocycles. The van der Waals surface area contributed by atoms with Crippen molar-refractivity contribution in [1.29, 1.82) is 5.26 Å². The molecule has 2 aromatic carbocycles. The predicted molar refractivity (Wildman–Crippen MR) is 109 cm³/mol. The Hall–Kier alpha value is -3.56. The summed E-state index contributed by atoms with van der Waals surface area (Å²) in [5, 5.41) is 15.6. The van der Waals surface area contributed by atoms with Crippen molar-refractivity contribution in [3.05, 3.63) is 76.4 Å². The summed E-state index contributed by atoms with van der Waals surface area (Å²) in [6.45, 7) is 1.90. The lowest BCUT2D eigenvalue weighted by molar-refractivity contribution is 0.102. The maximum atomic E-state index is 12.4. The van der Waals surface area contributed by atoms with E-state index in [0.29, 0.717) is 33.4 Å². The molecule has 0 unspecified atom stereocenters. The molecule has 6 nitrogen and oxygen atoms in total. The minimum atomic E-state index is -0.346. The maximum Gasteiger partial charge on any atom is 0.257 e. The highest BCUT2D eigenvalue weighted by Crippen LogP contribution is 2.32. The van der Waals surface area contributed by atoms with E-state index in [1.54, 1.807) is 49.6 Å². The first-order valence-corrected chi connectivity index (χ1v) is 8.77. The molecule has 0 fully saturated rings. The summed E-state index contributed by atoms with van der Waals surface area (Å²) in [7, 11) is 1.56. The number of ether oxygens (including phenoxy) is 1. The van der Waals surface area contributed by atoms with Crippen molar-refractivity contribution < 1.29 is 9.53 Å². The van der Waals surface area contributed by atoms with Crippen molar-refractivity contribution in [2.24, 2.45) is 0 Å². The van der Waals surface area contributed by atoms with Crippen LogP contribution < -0.4 is 15.4 Å². The molecular formula is C21H17ClN4O2. The monoisotopic (exact) mass is 392 g/mol. The molecule has 1 heterocycles. The summed E-state index contributed by atoms with van der Waals surface area (Å²) in [5.74, 6) is 0.794. The number of methoxy groups -OCH3 is 1. The first-order chi connectivity index (χ1) is 13.5. The third-order valence-electron chi connectivity index (χ3n) is 4.06. The Kier molecular flexibility index (Phi) is 5.78. The van der Waals surface area contributed by atoms with Crippen LogP contribution in [0.3, 0.4) is 0 Å². The van der Waals surface area contributed by atoms with Crippen molar-refractivity contribution in [3.63, 3.8) is 0 Å². The number of hydrogen-bond acceptors (Lipinski definition) is 5. The van der Waals surface area contributed by atoms with Gasteiger partial charge in [0.1, 0.15) is 17.6 Å². The van der Waals surface area contributed by atoms with E-state index in [1.807, 2.05) is 19.1 Å². The number of halogens is 1. The second-order valence-electron chi connectivity index (χ2n) is 5.97. The number of nitrogens with one attached hydrogen (secondary N) is 2. The highest BCUT2D eigenvalue weighted by atomic mass is 35.5. The van der Waals surface area contributed by atoms with Crippen molar-refractivity contribution >= 4 is 34.7 Å². The molecule has 3 aromatic rings. The number of rotatable bonds is 5. The average Bonchev–Trinajstić information content (AvgIpc) is 2.71. The average molecular weight is 393 g/mol. The van der Waals surface area contributed by atoms with Crippen molar-refractivity contribution in [2.75, 3.05) is 17.7 Å². The van der Waals surface area contributed by atoms with Crippen molar-refractivity contribution in [1.82, 2.24) is 4.98 Å². The van der Waals surface area contributed by atoms with Gasteiger partial charge in [-0.3, -0.25) is 4.79 Å². The van der Waals surface area contributed by atoms with Crippen LogP contribution in [0.15, 0.2) is 54.7 Å². The quantitative estimate of drug-likeness (QED) is 0.643. The highest BCUT2D eigenvalue weighted by Gasteiger charge is 2.11. The molecule has 1 aromatic heterocycles. The number of aromatic nitrogens is 1. The number of nitriles is 1. The van der Waals surface area contributed by atoms with Gasteiger partial charge in [0, 0.05) is 17.3 Å². The van der Waals surface area contributed by atoms with Gasteiger partial charge in [-0.1, -0.05) is 23.7 Å². The van der Waals surface area contributed by atoms with E-state index in [1.165, 1.54) is 6.20 Å². The standard InChI is InChI=1S/C21H17ClN4O2/c1-13-9-18(19(28-2)10-16(13)22)25-20-8-7-15(12-24-20)21(27)26-17-6-4-3-5-14(17)11-23/h3-10,12H,1-2H3,(H,24,25)(H,26,27). The summed E-state index contributed by atoms with van der Waals surface area (Å²) in [6.07, 6.45) is 1.46. The number of carbonyl (C=O) groups excluding carboxylic acids is 1. The SMILES string of the molecule is COc1cc(Cl)c(C)cc1Nc1ccc(C(=O)Nc2ccccc2C#N)cn1. The predicted octanol–water partition coefficient (Wildman–Crippen LogP) is 4.92. The van der Waals surface area contributed by atoms with Crippen LogP contribution in [0.2, 0.25) is 5.02 Å². The van der Waals surface area contributed by atoms with Gasteiger partial charge in [0.05, 0.1) is 29.6 Å². The van der Waals surface area contributed by atoms with E-state index in [0.717, 1.165) is 11.3 Å². The molecule has 0 aliphatic carbocycles. The van der Waals surface area contributed by atoms with Gasteiger partial charge in [0.25, 0.3) is 5.91 Å². The van der Waals surface area contributed by atoms with Crippen LogP contribution >= 0.6 is 11.6 Å². The molecule has 7 heteroatoms. The summed E-state index contributed by atoms with van der Waals surface area (Å²) in [4.78, 5) is 16.7. The van der Waals surface area contributed by atoms with Crippen LogP contribution in [0, 0.1) is 18.3 Å². The Morgan fingerprint density at radius 1 is 1.18 bits per heavy atom. The third kappa shape index (κ3) is 4.22. The minimum absolute atomic E-state index is 0.346. The normalized spacial score (nSPS) is 10.1. The summed E-state index contributed by atoms with van der Waals surface area (Å²) < 4.78 is 5.34. The number of nitrogens with zero attached hydrogens (tertiary/aromatic N) is 2. The lowest BCUT2D eigenvalue weighted by Gasteiger charge is -2.13. The Balaban J connectivity index is 1.76. The third-order valence-corrected chi connectivity index (χ3v) is 4.47. The van der Waals surface area contributed by atoms with E-state index in [4.69, 9.17) is 21.6 Å². The molecule has 0 aliphatic heterocycles. The zero-order valence-electron chi connectivity index (χ0n) is 15.3. The maximum absolute atomic E-state index is 12.4. The van der Waals surface area contributed by atoms with Gasteiger partial charge in [-0.05, 0) is 42.8 Å². The largest absolute Gasteiger partial charge is 0.495 e. The fourth-order valence-electron chi connectivity index (χ4n) is 2.55. The molecule has 3 rings (SSSR count). The Morgan fingerprint density at radius 2 is 1.96 bits per heavy atom. The lowest BCUT2D eigenvalue weighted by atomic mass is 10.2. The van der Waals surface area contributed by atoms with Gasteiger partial charge >= 0.3 is 0 Å². The molecule has 28 heavy (non-hydrogen) atoms. The van der Waals surface area contributed by atoms with Gasteiger partial charge in [-0.25, -0.2) is 4.98 Å². The van der Waals surface area contributed by atoms with Gasteiger partial charge in [0.2, 0.25) is 0 Å². The smallest absolute Gasteiger partial charge is 0.257 e. The van der Waals surface area contributed by atoms with Crippen molar-refractivity contribution in [3.8, 4) is 11.8 Å². The zero-order valence-corrected chi connectivity index (χ0v) is 16.0. The minimum Gasteiger partial charge on any atom is -0.495 e. The van der Waals surface area contributed by atoms with E-state index >= 15 is 0 Å². The number of amides is 1. The van der Waals surface area contributed by atoms with Crippen LogP contribution in [-0.2, 0) is 0 Å². The number of pyridine rings is 1. The molecule has 0 spiro atoms. The van der Waals surface area contributed by atoms with Crippen LogP contribution in [-0.4, -0.2) is 18.0 Å². The number of hydrogen-bond donors (Lipinski definition) is 2. The van der Waals surface area contributed by atoms with E-state index in [2.05, 4.69) is 15.6 Å². The number of carbonyl (C=O) groups is 1. The van der Waals surface area contributed by atoms with E-state index in [9.17, 15) is 4.79 Å². The highest BCUT2D eigenvalue weighted by molar-refractivity contribution is 6.31. The molecule has 1 amide bonds. The van der Waals surface area contributed by atoms with Gasteiger partial charge in [-0.2, -0.15) is 5.26 Å². The van der Waals surface area contributed by atoms with E-state index in [-0.39, 0.29) is 5.91 Å². The van der Waals surface area contributed by atoms with Crippen LogP contribution in [0.4, 0.5) is 17.2 Å². The molecular weight excluding hydrogens is 376 g/mol. The lowest BCUT2D eigenvalue weighted by Crippen LogP contribution is -2.13. The fraction of sp³-hybridized carbons (Fsp3) is 0.0952. The topological polar surface area (TPSA) is 87.0 Å². The second kappa shape index (κ2) is 8.42. The van der Waals surface area contributed by atoms with E-state index < -0.39 is 0 Å².